The third-order valence-electron chi connectivity index (χ3n) is 5.55. The Morgan fingerprint density at radius 3 is 2.53 bits per heavy atom. The monoisotopic (exact) mass is 428 g/mol. The van der Waals surface area contributed by atoms with Crippen LogP contribution in [-0.4, -0.2) is 39.9 Å². The number of aromatic nitrogens is 1. The summed E-state index contributed by atoms with van der Waals surface area (Å²) in [5, 5.41) is 11.2. The van der Waals surface area contributed by atoms with Gasteiger partial charge in [-0.2, -0.15) is 0 Å². The van der Waals surface area contributed by atoms with E-state index in [4.69, 9.17) is 9.47 Å². The SMILES string of the molecule is O=C1C(=O)N(Cc2cccnc2)C(c2ccccc2)/C1=C(/O)c1ccc2c(c1)OCCO2. The number of Topliss-reactive ketones (excluding diaryl/α,β-unsaturated/α-hetero) is 1. The van der Waals surface area contributed by atoms with E-state index >= 15 is 0 Å². The second kappa shape index (κ2) is 8.19. The zero-order valence-corrected chi connectivity index (χ0v) is 17.1. The lowest BCUT2D eigenvalue weighted by atomic mass is 9.95. The summed E-state index contributed by atoms with van der Waals surface area (Å²) in [7, 11) is 0. The predicted molar refractivity (Wildman–Crippen MR) is 116 cm³/mol. The van der Waals surface area contributed by atoms with Crippen molar-refractivity contribution < 1.29 is 24.2 Å². The van der Waals surface area contributed by atoms with E-state index in [-0.39, 0.29) is 17.9 Å². The minimum atomic E-state index is -0.732. The van der Waals surface area contributed by atoms with E-state index in [9.17, 15) is 14.7 Å². The average Bonchev–Trinajstić information content (AvgIpc) is 3.09. The smallest absolute Gasteiger partial charge is 0.295 e. The van der Waals surface area contributed by atoms with Crippen LogP contribution in [0, 0.1) is 0 Å². The zero-order valence-electron chi connectivity index (χ0n) is 17.1. The number of aliphatic hydroxyl groups is 1. The number of aliphatic hydroxyl groups excluding tert-OH is 1. The van der Waals surface area contributed by atoms with E-state index in [1.165, 1.54) is 4.90 Å². The molecule has 2 aromatic carbocycles. The number of hydrogen-bond acceptors (Lipinski definition) is 6. The molecule has 1 unspecified atom stereocenters. The molecular formula is C25H20N2O5. The van der Waals surface area contributed by atoms with Gasteiger partial charge in [0.15, 0.2) is 11.5 Å². The van der Waals surface area contributed by atoms with Crippen molar-refractivity contribution in [3.8, 4) is 11.5 Å². The molecule has 1 amide bonds. The second-order valence-corrected chi connectivity index (χ2v) is 7.56. The number of rotatable bonds is 4. The first-order chi connectivity index (χ1) is 15.6. The lowest BCUT2D eigenvalue weighted by Crippen LogP contribution is -2.29. The summed E-state index contributed by atoms with van der Waals surface area (Å²) in [6, 6.07) is 17.1. The fraction of sp³-hybridized carbons (Fsp3) is 0.160. The number of carbonyl (C=O) groups is 2. The highest BCUT2D eigenvalue weighted by atomic mass is 16.6. The van der Waals surface area contributed by atoms with Crippen molar-refractivity contribution in [2.24, 2.45) is 0 Å². The van der Waals surface area contributed by atoms with Gasteiger partial charge in [-0.3, -0.25) is 14.6 Å². The molecule has 160 valence electrons. The summed E-state index contributed by atoms with van der Waals surface area (Å²) < 4.78 is 11.1. The second-order valence-electron chi connectivity index (χ2n) is 7.56. The molecule has 1 atom stereocenters. The summed E-state index contributed by atoms with van der Waals surface area (Å²) in [5.41, 5.74) is 1.95. The molecule has 0 aliphatic carbocycles. The van der Waals surface area contributed by atoms with Gasteiger partial charge in [0.1, 0.15) is 19.0 Å². The third-order valence-corrected chi connectivity index (χ3v) is 5.55. The van der Waals surface area contributed by atoms with Crippen molar-refractivity contribution in [3.63, 3.8) is 0 Å². The topological polar surface area (TPSA) is 89.0 Å². The van der Waals surface area contributed by atoms with Crippen LogP contribution in [0.1, 0.15) is 22.7 Å². The lowest BCUT2D eigenvalue weighted by Gasteiger charge is -2.25. The van der Waals surface area contributed by atoms with E-state index < -0.39 is 17.7 Å². The summed E-state index contributed by atoms with van der Waals surface area (Å²) >= 11 is 0. The van der Waals surface area contributed by atoms with E-state index in [2.05, 4.69) is 4.98 Å². The van der Waals surface area contributed by atoms with Gasteiger partial charge in [-0.05, 0) is 35.4 Å². The maximum Gasteiger partial charge on any atom is 0.295 e. The average molecular weight is 428 g/mol. The first kappa shape index (κ1) is 19.8. The Hall–Kier alpha value is -4.13. The van der Waals surface area contributed by atoms with Crippen LogP contribution in [0.4, 0.5) is 0 Å². The summed E-state index contributed by atoms with van der Waals surface area (Å²) in [4.78, 5) is 31.7. The molecule has 1 N–H and O–H groups in total. The number of carbonyl (C=O) groups excluding carboxylic acids is 2. The van der Waals surface area contributed by atoms with Crippen LogP contribution in [-0.2, 0) is 16.1 Å². The van der Waals surface area contributed by atoms with Crippen LogP contribution in [0.15, 0.2) is 78.6 Å². The molecule has 0 spiro atoms. The molecule has 0 bridgehead atoms. The van der Waals surface area contributed by atoms with Gasteiger partial charge in [0, 0.05) is 24.5 Å². The standard InChI is InChI=1S/C25H20N2O5/c28-23(18-8-9-19-20(13-18)32-12-11-31-19)21-22(17-6-2-1-3-7-17)27(25(30)24(21)29)15-16-5-4-10-26-14-16/h1-10,13-14,22,28H,11-12,15H2/b23-21-. The zero-order chi connectivity index (χ0) is 22.1. The Balaban J connectivity index is 1.62. The van der Waals surface area contributed by atoms with E-state index in [0.717, 1.165) is 11.1 Å². The van der Waals surface area contributed by atoms with Gasteiger partial charge in [-0.1, -0.05) is 36.4 Å². The molecule has 32 heavy (non-hydrogen) atoms. The lowest BCUT2D eigenvalue weighted by molar-refractivity contribution is -0.140. The molecular weight excluding hydrogens is 408 g/mol. The first-order valence-electron chi connectivity index (χ1n) is 10.3. The Labute approximate surface area is 184 Å². The van der Waals surface area contributed by atoms with E-state index in [0.29, 0.717) is 30.3 Å². The van der Waals surface area contributed by atoms with Crippen molar-refractivity contribution in [2.75, 3.05) is 13.2 Å². The number of ketones is 1. The number of benzene rings is 2. The van der Waals surface area contributed by atoms with Crippen LogP contribution < -0.4 is 9.47 Å². The number of amides is 1. The highest BCUT2D eigenvalue weighted by Crippen LogP contribution is 2.41. The maximum absolute atomic E-state index is 13.1. The van der Waals surface area contributed by atoms with Crippen molar-refractivity contribution in [1.82, 2.24) is 9.88 Å². The first-order valence-corrected chi connectivity index (χ1v) is 10.3. The third kappa shape index (κ3) is 3.47. The molecule has 2 aliphatic rings. The van der Waals surface area contributed by atoms with Crippen LogP contribution in [0.25, 0.3) is 5.76 Å². The number of nitrogens with zero attached hydrogens (tertiary/aromatic N) is 2. The van der Waals surface area contributed by atoms with Crippen LogP contribution in [0.2, 0.25) is 0 Å². The number of hydrogen-bond donors (Lipinski definition) is 1. The quantitative estimate of drug-likeness (QED) is 0.389. The number of likely N-dealkylation sites (tertiary alicyclic amines) is 1. The summed E-state index contributed by atoms with van der Waals surface area (Å²) in [6.45, 7) is 1.04. The molecule has 1 fully saturated rings. The van der Waals surface area contributed by atoms with Crippen LogP contribution >= 0.6 is 0 Å². The highest BCUT2D eigenvalue weighted by molar-refractivity contribution is 6.46. The summed E-state index contributed by atoms with van der Waals surface area (Å²) in [5.74, 6) is -0.578. The minimum Gasteiger partial charge on any atom is -0.507 e. The number of fused-ring (bicyclic) bond motifs is 1. The van der Waals surface area contributed by atoms with Crippen molar-refractivity contribution >= 4 is 17.4 Å². The normalized spacial score (nSPS) is 19.2. The molecule has 1 saturated heterocycles. The van der Waals surface area contributed by atoms with Crippen LogP contribution in [0.3, 0.4) is 0 Å². The fourth-order valence-corrected chi connectivity index (χ4v) is 4.06. The van der Waals surface area contributed by atoms with Gasteiger partial charge in [-0.15, -0.1) is 0 Å². The molecule has 0 saturated carbocycles. The van der Waals surface area contributed by atoms with Gasteiger partial charge in [-0.25, -0.2) is 0 Å². The van der Waals surface area contributed by atoms with Gasteiger partial charge < -0.3 is 19.5 Å². The number of ether oxygens (including phenoxy) is 2. The Bertz CT molecular complexity index is 1210. The fourth-order valence-electron chi connectivity index (χ4n) is 4.06. The minimum absolute atomic E-state index is 0.0433. The van der Waals surface area contributed by atoms with Gasteiger partial charge in [0.2, 0.25) is 0 Å². The van der Waals surface area contributed by atoms with E-state index in [1.54, 1.807) is 36.7 Å². The van der Waals surface area contributed by atoms with Gasteiger partial charge in [0.05, 0.1) is 11.6 Å². The molecule has 2 aliphatic heterocycles. The Morgan fingerprint density at radius 1 is 1.00 bits per heavy atom. The number of pyridine rings is 1. The molecule has 7 nitrogen and oxygen atoms in total. The van der Waals surface area contributed by atoms with Crippen molar-refractivity contribution in [3.05, 3.63) is 95.3 Å². The van der Waals surface area contributed by atoms with Crippen molar-refractivity contribution in [2.45, 2.75) is 12.6 Å². The highest BCUT2D eigenvalue weighted by Gasteiger charge is 2.46. The van der Waals surface area contributed by atoms with Gasteiger partial charge in [0.25, 0.3) is 11.7 Å². The van der Waals surface area contributed by atoms with Crippen molar-refractivity contribution in [1.29, 1.82) is 0 Å². The van der Waals surface area contributed by atoms with E-state index in [1.807, 2.05) is 36.4 Å². The molecule has 5 rings (SSSR count). The van der Waals surface area contributed by atoms with Crippen LogP contribution in [0.5, 0.6) is 11.5 Å². The predicted octanol–water partition coefficient (Wildman–Crippen LogP) is 3.47. The molecule has 3 heterocycles. The molecule has 1 aromatic heterocycles. The Kier molecular flexibility index (Phi) is 5.07. The molecule has 0 radical (unpaired) electrons. The molecule has 3 aromatic rings. The summed E-state index contributed by atoms with van der Waals surface area (Å²) in [6.07, 6.45) is 3.30. The Morgan fingerprint density at radius 2 is 1.78 bits per heavy atom. The molecule has 7 heteroatoms. The largest absolute Gasteiger partial charge is 0.507 e. The van der Waals surface area contributed by atoms with Gasteiger partial charge >= 0.3 is 0 Å². The maximum atomic E-state index is 13.1.